The summed E-state index contributed by atoms with van der Waals surface area (Å²) in [6.45, 7) is 4.78. The molecule has 3 aromatic rings. The standard InChI is InChI=1S/C26H23Cl2N5OS/c1-16-11-23(29-15-16)30-24-14-25(33-9-2-10-33)32-26(31-24)35-19-6-3-17(4-7-19)12-22(34)20-13-18(27)5-8-21(20)28/h3-8,11,13-14H,2,9-10,12,15H2,1H3,(H,29,30,31,32). The number of halogens is 2. The van der Waals surface area contributed by atoms with Crippen molar-refractivity contribution in [3.63, 3.8) is 0 Å². The Labute approximate surface area is 218 Å². The van der Waals surface area contributed by atoms with E-state index < -0.39 is 0 Å². The molecule has 3 heterocycles. The predicted molar refractivity (Wildman–Crippen MR) is 144 cm³/mol. The van der Waals surface area contributed by atoms with Crippen molar-refractivity contribution in [3.05, 3.63) is 81.4 Å². The van der Waals surface area contributed by atoms with E-state index in [0.717, 1.165) is 41.0 Å². The maximum Gasteiger partial charge on any atom is 0.196 e. The first-order chi connectivity index (χ1) is 16.9. The van der Waals surface area contributed by atoms with Gasteiger partial charge in [-0.05, 0) is 72.7 Å². The van der Waals surface area contributed by atoms with Crippen LogP contribution in [-0.4, -0.2) is 41.2 Å². The summed E-state index contributed by atoms with van der Waals surface area (Å²) in [6.07, 6.45) is 3.45. The van der Waals surface area contributed by atoms with Gasteiger partial charge >= 0.3 is 0 Å². The van der Waals surface area contributed by atoms with Gasteiger partial charge in [-0.2, -0.15) is 0 Å². The van der Waals surface area contributed by atoms with Gasteiger partial charge in [0, 0.05) is 41.1 Å². The molecule has 1 N–H and O–H groups in total. The predicted octanol–water partition coefficient (Wildman–Crippen LogP) is 6.34. The van der Waals surface area contributed by atoms with E-state index in [-0.39, 0.29) is 12.2 Å². The Bertz CT molecular complexity index is 1340. The van der Waals surface area contributed by atoms with Crippen LogP contribution in [0.4, 0.5) is 11.6 Å². The highest BCUT2D eigenvalue weighted by Crippen LogP contribution is 2.30. The molecule has 0 unspecified atom stereocenters. The third-order valence-electron chi connectivity index (χ3n) is 5.74. The van der Waals surface area contributed by atoms with E-state index >= 15 is 0 Å². The van der Waals surface area contributed by atoms with Crippen LogP contribution in [0, 0.1) is 0 Å². The molecule has 0 spiro atoms. The van der Waals surface area contributed by atoms with E-state index in [1.54, 1.807) is 18.2 Å². The first kappa shape index (κ1) is 23.9. The number of amidine groups is 1. The van der Waals surface area contributed by atoms with Crippen LogP contribution in [0.1, 0.15) is 29.3 Å². The van der Waals surface area contributed by atoms with E-state index in [4.69, 9.17) is 33.2 Å². The molecule has 9 heteroatoms. The van der Waals surface area contributed by atoms with Crippen molar-refractivity contribution in [3.8, 4) is 0 Å². The van der Waals surface area contributed by atoms with Crippen molar-refractivity contribution < 1.29 is 4.79 Å². The van der Waals surface area contributed by atoms with E-state index in [1.807, 2.05) is 36.4 Å². The van der Waals surface area contributed by atoms with Crippen LogP contribution in [0.5, 0.6) is 0 Å². The quantitative estimate of drug-likeness (QED) is 0.287. The van der Waals surface area contributed by atoms with Crippen molar-refractivity contribution in [1.82, 2.24) is 9.97 Å². The highest BCUT2D eigenvalue weighted by molar-refractivity contribution is 7.99. The molecular formula is C26H23Cl2N5OS. The lowest BCUT2D eigenvalue weighted by Gasteiger charge is -2.32. The Morgan fingerprint density at radius 2 is 1.89 bits per heavy atom. The minimum atomic E-state index is -0.0710. The number of carbonyl (C=O) groups is 1. The number of benzene rings is 2. The van der Waals surface area contributed by atoms with E-state index in [1.165, 1.54) is 23.8 Å². The number of Topliss-reactive ketones (excluding diaryl/α,β-unsaturated/α-hetero) is 1. The van der Waals surface area contributed by atoms with Gasteiger partial charge in [-0.1, -0.05) is 35.3 Å². The van der Waals surface area contributed by atoms with Crippen LogP contribution in [0.2, 0.25) is 10.0 Å². The number of ketones is 1. The topological polar surface area (TPSA) is 70.5 Å². The maximum absolute atomic E-state index is 12.7. The summed E-state index contributed by atoms with van der Waals surface area (Å²) in [5.74, 6) is 2.39. The van der Waals surface area contributed by atoms with Crippen LogP contribution in [0.15, 0.2) is 75.2 Å². The second-order valence-electron chi connectivity index (χ2n) is 8.52. The first-order valence-corrected chi connectivity index (χ1v) is 12.9. The Morgan fingerprint density at radius 1 is 1.09 bits per heavy atom. The zero-order valence-corrected chi connectivity index (χ0v) is 21.4. The summed E-state index contributed by atoms with van der Waals surface area (Å²) in [5.41, 5.74) is 2.55. The fourth-order valence-electron chi connectivity index (χ4n) is 3.74. The fourth-order valence-corrected chi connectivity index (χ4v) is 4.91. The minimum absolute atomic E-state index is 0.0710. The van der Waals surface area contributed by atoms with E-state index in [2.05, 4.69) is 22.1 Å². The van der Waals surface area contributed by atoms with Crippen molar-refractivity contribution >= 4 is 58.2 Å². The molecule has 178 valence electrons. The largest absolute Gasteiger partial charge is 0.356 e. The molecule has 0 saturated carbocycles. The molecule has 1 aromatic heterocycles. The lowest BCUT2D eigenvalue weighted by molar-refractivity contribution is 0.0993. The van der Waals surface area contributed by atoms with Crippen LogP contribution >= 0.6 is 35.0 Å². The first-order valence-electron chi connectivity index (χ1n) is 11.3. The Morgan fingerprint density at radius 3 is 2.57 bits per heavy atom. The Kier molecular flexibility index (Phi) is 7.09. The van der Waals surface area contributed by atoms with Crippen molar-refractivity contribution in [2.75, 3.05) is 29.9 Å². The van der Waals surface area contributed by atoms with Crippen LogP contribution in [0.3, 0.4) is 0 Å². The van der Waals surface area contributed by atoms with Crippen molar-refractivity contribution in [2.24, 2.45) is 4.99 Å². The normalized spacial score (nSPS) is 14.9. The second kappa shape index (κ2) is 10.4. The number of nitrogens with one attached hydrogen (secondary N) is 1. The molecule has 2 aliphatic rings. The summed E-state index contributed by atoms with van der Waals surface area (Å²) in [7, 11) is 0. The zero-order valence-electron chi connectivity index (χ0n) is 19.1. The molecule has 1 saturated heterocycles. The third kappa shape index (κ3) is 5.86. The number of aromatic nitrogens is 2. The van der Waals surface area contributed by atoms with Gasteiger partial charge in [0.1, 0.15) is 17.5 Å². The zero-order chi connectivity index (χ0) is 24.4. The Balaban J connectivity index is 1.30. The molecular weight excluding hydrogens is 501 g/mol. The van der Waals surface area contributed by atoms with E-state index in [0.29, 0.717) is 27.3 Å². The van der Waals surface area contributed by atoms with Gasteiger partial charge in [-0.25, -0.2) is 9.97 Å². The number of rotatable bonds is 7. The van der Waals surface area contributed by atoms with Gasteiger partial charge in [0.15, 0.2) is 10.9 Å². The van der Waals surface area contributed by atoms with Crippen molar-refractivity contribution in [1.29, 1.82) is 0 Å². The molecule has 0 bridgehead atoms. The smallest absolute Gasteiger partial charge is 0.196 e. The minimum Gasteiger partial charge on any atom is -0.356 e. The maximum atomic E-state index is 12.7. The van der Waals surface area contributed by atoms with Crippen LogP contribution < -0.4 is 10.2 Å². The molecule has 0 atom stereocenters. The lowest BCUT2D eigenvalue weighted by atomic mass is 10.0. The van der Waals surface area contributed by atoms with Crippen molar-refractivity contribution in [2.45, 2.75) is 29.8 Å². The molecule has 2 aromatic carbocycles. The summed E-state index contributed by atoms with van der Waals surface area (Å²) >= 11 is 13.7. The van der Waals surface area contributed by atoms with Gasteiger partial charge in [0.25, 0.3) is 0 Å². The highest BCUT2D eigenvalue weighted by atomic mass is 35.5. The molecule has 0 radical (unpaired) electrons. The summed E-state index contributed by atoms with van der Waals surface area (Å²) < 4.78 is 0. The lowest BCUT2D eigenvalue weighted by Crippen LogP contribution is -2.37. The van der Waals surface area contributed by atoms with Crippen LogP contribution in [-0.2, 0) is 6.42 Å². The average Bonchev–Trinajstić information content (AvgIpc) is 3.20. The molecule has 2 aliphatic heterocycles. The number of hydrogen-bond donors (Lipinski definition) is 1. The van der Waals surface area contributed by atoms with Gasteiger partial charge in [-0.3, -0.25) is 9.79 Å². The molecule has 35 heavy (non-hydrogen) atoms. The summed E-state index contributed by atoms with van der Waals surface area (Å²) in [5, 5.41) is 4.88. The SMILES string of the molecule is CC1=CC(Nc2cc(N3CCC3)nc(Sc3ccc(CC(=O)c4cc(Cl)ccc4Cl)cc3)n2)=NC1. The number of carbonyl (C=O) groups excluding carboxylic acids is 1. The molecule has 5 rings (SSSR count). The Hall–Kier alpha value is -2.87. The number of hydrogen-bond acceptors (Lipinski definition) is 7. The highest BCUT2D eigenvalue weighted by Gasteiger charge is 2.19. The average molecular weight is 524 g/mol. The third-order valence-corrected chi connectivity index (χ3v) is 7.17. The monoisotopic (exact) mass is 523 g/mol. The van der Waals surface area contributed by atoms with Crippen LogP contribution in [0.25, 0.3) is 0 Å². The summed E-state index contributed by atoms with van der Waals surface area (Å²) in [6, 6.07) is 14.7. The van der Waals surface area contributed by atoms with Gasteiger partial charge in [-0.15, -0.1) is 0 Å². The second-order valence-corrected chi connectivity index (χ2v) is 10.4. The summed E-state index contributed by atoms with van der Waals surface area (Å²) in [4.78, 5) is 29.9. The molecule has 0 aliphatic carbocycles. The van der Waals surface area contributed by atoms with E-state index in [9.17, 15) is 4.79 Å². The number of anilines is 2. The fraction of sp³-hybridized carbons (Fsp3) is 0.231. The number of aliphatic imine (C=N–C) groups is 1. The van der Waals surface area contributed by atoms with Gasteiger partial charge in [0.05, 0.1) is 11.6 Å². The molecule has 0 amide bonds. The number of nitrogens with zero attached hydrogens (tertiary/aromatic N) is 4. The molecule has 6 nitrogen and oxygen atoms in total. The molecule has 1 fully saturated rings. The van der Waals surface area contributed by atoms with Gasteiger partial charge < -0.3 is 10.2 Å². The van der Waals surface area contributed by atoms with Gasteiger partial charge in [0.2, 0.25) is 0 Å².